The van der Waals surface area contributed by atoms with Crippen LogP contribution in [0.4, 0.5) is 8.78 Å². The maximum Gasteiger partial charge on any atom is 0.243 e. The summed E-state index contributed by atoms with van der Waals surface area (Å²) in [6.07, 6.45) is 2.19. The smallest absolute Gasteiger partial charge is 0.243 e. The van der Waals surface area contributed by atoms with E-state index in [9.17, 15) is 8.78 Å². The molecule has 142 valence electrons. The lowest BCUT2D eigenvalue weighted by Gasteiger charge is -2.47. The van der Waals surface area contributed by atoms with Crippen LogP contribution in [0.5, 0.6) is 0 Å². The summed E-state index contributed by atoms with van der Waals surface area (Å²) in [5.74, 6) is 0. The van der Waals surface area contributed by atoms with Gasteiger partial charge in [-0.3, -0.25) is 9.58 Å². The predicted octanol–water partition coefficient (Wildman–Crippen LogP) is 3.74. The third-order valence-corrected chi connectivity index (χ3v) is 6.95. The van der Waals surface area contributed by atoms with Crippen molar-refractivity contribution in [2.75, 3.05) is 13.2 Å². The van der Waals surface area contributed by atoms with Crippen molar-refractivity contribution in [2.45, 2.75) is 57.2 Å². The Morgan fingerprint density at radius 3 is 3.00 bits per heavy atom. The molecule has 4 rings (SSSR count). The van der Waals surface area contributed by atoms with E-state index in [2.05, 4.69) is 23.0 Å². The molecule has 4 heterocycles. The number of hydrogen-bond acceptors (Lipinski definition) is 4. The average molecular weight is 381 g/mol. The fraction of sp³-hybridized carbons (Fsp3) is 0.632. The van der Waals surface area contributed by atoms with Gasteiger partial charge < -0.3 is 4.74 Å². The first-order chi connectivity index (χ1) is 12.4. The zero-order chi connectivity index (χ0) is 18.3. The van der Waals surface area contributed by atoms with Gasteiger partial charge in [-0.2, -0.15) is 5.10 Å². The van der Waals surface area contributed by atoms with Crippen molar-refractivity contribution in [3.8, 4) is 0 Å². The molecule has 0 bridgehead atoms. The van der Waals surface area contributed by atoms with Crippen LogP contribution in [0.15, 0.2) is 18.3 Å². The Morgan fingerprint density at radius 2 is 2.31 bits per heavy atom. The molecule has 26 heavy (non-hydrogen) atoms. The van der Waals surface area contributed by atoms with Crippen LogP contribution in [0, 0.1) is 0 Å². The summed E-state index contributed by atoms with van der Waals surface area (Å²) in [7, 11) is 1.93. The number of fused-ring (bicyclic) bond motifs is 2. The van der Waals surface area contributed by atoms with Gasteiger partial charge in [-0.15, -0.1) is 11.3 Å². The minimum Gasteiger partial charge on any atom is -0.369 e. The van der Waals surface area contributed by atoms with Gasteiger partial charge in [0.1, 0.15) is 5.60 Å². The number of alkyl halides is 2. The Hall–Kier alpha value is -1.31. The summed E-state index contributed by atoms with van der Waals surface area (Å²) in [5.41, 5.74) is 2.01. The lowest BCUT2D eigenvalue weighted by molar-refractivity contribution is -0.110. The Balaban J connectivity index is 1.52. The van der Waals surface area contributed by atoms with E-state index in [0.717, 1.165) is 42.9 Å². The number of aryl methyl sites for hydroxylation is 1. The molecule has 0 saturated carbocycles. The molecular formula is C19H25F2N3OS. The molecule has 2 aromatic heterocycles. The van der Waals surface area contributed by atoms with E-state index in [0.29, 0.717) is 12.6 Å². The summed E-state index contributed by atoms with van der Waals surface area (Å²) >= 11 is 1.54. The van der Waals surface area contributed by atoms with Crippen molar-refractivity contribution in [2.24, 2.45) is 7.05 Å². The van der Waals surface area contributed by atoms with Crippen LogP contribution in [0.1, 0.15) is 40.8 Å². The number of piperidine rings is 1. The third kappa shape index (κ3) is 3.44. The highest BCUT2D eigenvalue weighted by Crippen LogP contribution is 2.47. The second-order valence-electron chi connectivity index (χ2n) is 7.51. The lowest BCUT2D eigenvalue weighted by atomic mass is 9.82. The molecule has 1 spiro atoms. The molecule has 0 N–H and O–H groups in total. The van der Waals surface area contributed by atoms with Crippen LogP contribution in [-0.4, -0.2) is 40.3 Å². The van der Waals surface area contributed by atoms with Crippen molar-refractivity contribution in [3.05, 3.63) is 39.3 Å². The van der Waals surface area contributed by atoms with E-state index in [1.165, 1.54) is 10.4 Å². The molecule has 7 heteroatoms. The van der Waals surface area contributed by atoms with Gasteiger partial charge in [0.05, 0.1) is 12.3 Å². The number of likely N-dealkylation sites (tertiary alicyclic amines) is 1. The average Bonchev–Trinajstić information content (AvgIpc) is 3.16. The van der Waals surface area contributed by atoms with Gasteiger partial charge in [-0.05, 0) is 43.9 Å². The highest BCUT2D eigenvalue weighted by molar-refractivity contribution is 7.12. The van der Waals surface area contributed by atoms with Crippen LogP contribution in [-0.2, 0) is 36.8 Å². The van der Waals surface area contributed by atoms with Crippen molar-refractivity contribution >= 4 is 11.3 Å². The van der Waals surface area contributed by atoms with Crippen molar-refractivity contribution in [1.29, 1.82) is 0 Å². The highest BCUT2D eigenvalue weighted by atomic mass is 32.1. The molecule has 2 aliphatic rings. The number of nitrogens with zero attached hydrogens (tertiary/aromatic N) is 3. The summed E-state index contributed by atoms with van der Waals surface area (Å²) in [4.78, 5) is 4.43. The Kier molecular flexibility index (Phi) is 4.88. The number of hydrogen-bond donors (Lipinski definition) is 0. The number of rotatable bonds is 4. The van der Waals surface area contributed by atoms with Gasteiger partial charge >= 0.3 is 0 Å². The molecule has 1 saturated heterocycles. The van der Waals surface area contributed by atoms with Crippen LogP contribution in [0.2, 0.25) is 0 Å². The maximum absolute atomic E-state index is 12.8. The number of thiophene rings is 1. The second kappa shape index (κ2) is 7.02. The predicted molar refractivity (Wildman–Crippen MR) is 97.7 cm³/mol. The van der Waals surface area contributed by atoms with Crippen LogP contribution >= 0.6 is 11.3 Å². The number of ether oxygens (including phenoxy) is 1. The third-order valence-electron chi connectivity index (χ3n) is 5.56. The van der Waals surface area contributed by atoms with E-state index in [4.69, 9.17) is 4.74 Å². The van der Waals surface area contributed by atoms with Crippen LogP contribution in [0.25, 0.3) is 0 Å². The van der Waals surface area contributed by atoms with Crippen LogP contribution < -0.4 is 0 Å². The van der Waals surface area contributed by atoms with Crippen molar-refractivity contribution < 1.29 is 13.5 Å². The van der Waals surface area contributed by atoms with E-state index in [1.807, 2.05) is 24.0 Å². The molecule has 0 radical (unpaired) electrons. The highest BCUT2D eigenvalue weighted by Gasteiger charge is 2.44. The molecular weight excluding hydrogens is 356 g/mol. The minimum absolute atomic E-state index is 0.144. The van der Waals surface area contributed by atoms with E-state index in [1.54, 1.807) is 11.3 Å². The molecule has 0 unspecified atom stereocenters. The summed E-state index contributed by atoms with van der Waals surface area (Å²) in [5, 5.41) is 4.48. The zero-order valence-corrected chi connectivity index (χ0v) is 16.1. The summed E-state index contributed by atoms with van der Waals surface area (Å²) < 4.78 is 33.7. The van der Waals surface area contributed by atoms with Gasteiger partial charge in [0.15, 0.2) is 0 Å². The fourth-order valence-electron chi connectivity index (χ4n) is 4.31. The molecule has 0 aliphatic carbocycles. The molecule has 4 nitrogen and oxygen atoms in total. The largest absolute Gasteiger partial charge is 0.369 e. The normalized spacial score (nSPS) is 26.6. The lowest BCUT2D eigenvalue weighted by Crippen LogP contribution is -2.50. The monoisotopic (exact) mass is 381 g/mol. The van der Waals surface area contributed by atoms with Gasteiger partial charge in [0, 0.05) is 48.6 Å². The SMILES string of the molecule is C[C@H]1C[C@@]2(CCN1Cc1ccn(C)n1)OCCc1cc(CC(F)F)sc12. The first-order valence-corrected chi connectivity index (χ1v) is 10.0. The Morgan fingerprint density at radius 1 is 1.46 bits per heavy atom. The van der Waals surface area contributed by atoms with E-state index >= 15 is 0 Å². The Bertz CT molecular complexity index is 775. The fourth-order valence-corrected chi connectivity index (χ4v) is 5.71. The molecule has 0 aromatic carbocycles. The van der Waals surface area contributed by atoms with Gasteiger partial charge in [-0.1, -0.05) is 0 Å². The zero-order valence-electron chi connectivity index (χ0n) is 15.3. The Labute approximate surface area is 156 Å². The second-order valence-corrected chi connectivity index (χ2v) is 8.65. The quantitative estimate of drug-likeness (QED) is 0.808. The molecule has 2 atom stereocenters. The minimum atomic E-state index is -2.29. The first kappa shape index (κ1) is 18.1. The number of halogens is 2. The van der Waals surface area contributed by atoms with E-state index < -0.39 is 6.43 Å². The maximum atomic E-state index is 12.8. The van der Waals surface area contributed by atoms with E-state index in [-0.39, 0.29) is 12.0 Å². The topological polar surface area (TPSA) is 30.3 Å². The molecule has 1 fully saturated rings. The van der Waals surface area contributed by atoms with Gasteiger partial charge in [-0.25, -0.2) is 8.78 Å². The summed E-state index contributed by atoms with van der Waals surface area (Å²) in [6, 6.07) is 4.40. The first-order valence-electron chi connectivity index (χ1n) is 9.22. The standard InChI is InChI=1S/C19H25F2N3OS/c1-13-11-19(5-7-24(13)12-15-3-6-23(2)22-15)18-14(4-8-25-19)9-16(26-18)10-17(20)21/h3,6,9,13,17H,4-5,7-8,10-12H2,1-2H3/t13-,19+/m0/s1. The van der Waals surface area contributed by atoms with Crippen LogP contribution in [0.3, 0.4) is 0 Å². The summed E-state index contributed by atoms with van der Waals surface area (Å²) in [6.45, 7) is 4.69. The van der Waals surface area contributed by atoms with Crippen molar-refractivity contribution in [1.82, 2.24) is 14.7 Å². The van der Waals surface area contributed by atoms with Crippen molar-refractivity contribution in [3.63, 3.8) is 0 Å². The molecule has 2 aliphatic heterocycles. The van der Waals surface area contributed by atoms with Gasteiger partial charge in [0.25, 0.3) is 0 Å². The molecule has 2 aromatic rings. The number of aromatic nitrogens is 2. The molecule has 0 amide bonds. The van der Waals surface area contributed by atoms with Gasteiger partial charge in [0.2, 0.25) is 6.43 Å².